The van der Waals surface area contributed by atoms with Gasteiger partial charge in [-0.2, -0.15) is 5.10 Å². The second-order valence-electron chi connectivity index (χ2n) is 3.89. The molecule has 0 fully saturated rings. The Bertz CT molecular complexity index is 673. The van der Waals surface area contributed by atoms with Crippen molar-refractivity contribution in [3.8, 4) is 0 Å². The summed E-state index contributed by atoms with van der Waals surface area (Å²) in [5.74, 6) is -0.302. The van der Waals surface area contributed by atoms with E-state index in [1.165, 1.54) is 16.9 Å². The molecule has 1 aromatic carbocycles. The monoisotopic (exact) mass is 389 g/mol. The lowest BCUT2D eigenvalue weighted by Crippen LogP contribution is -2.21. The number of aryl methyl sites for hydroxylation is 1. The minimum Gasteiger partial charge on any atom is -0.378 e. The third-order valence-corrected chi connectivity index (χ3v) is 3.81. The van der Waals surface area contributed by atoms with Gasteiger partial charge in [0.2, 0.25) is 0 Å². The number of nitrogens with one attached hydrogen (secondary N) is 1. The first-order valence-electron chi connectivity index (χ1n) is 5.38. The number of rotatable bonds is 3. The van der Waals surface area contributed by atoms with Crippen LogP contribution in [0.25, 0.3) is 0 Å². The van der Waals surface area contributed by atoms with Crippen LogP contribution in [0.1, 0.15) is 5.56 Å². The minimum atomic E-state index is -0.302. The summed E-state index contributed by atoms with van der Waals surface area (Å²) in [6, 6.07) is 4.71. The highest BCUT2D eigenvalue weighted by Crippen LogP contribution is 2.19. The van der Waals surface area contributed by atoms with E-state index in [4.69, 9.17) is 0 Å². The van der Waals surface area contributed by atoms with E-state index >= 15 is 0 Å². The van der Waals surface area contributed by atoms with E-state index in [9.17, 15) is 9.18 Å². The number of benzene rings is 1. The molecule has 0 unspecified atom stereocenters. The highest BCUT2D eigenvalue weighted by atomic mass is 79.9. The van der Waals surface area contributed by atoms with E-state index in [0.717, 1.165) is 4.47 Å². The summed E-state index contributed by atoms with van der Waals surface area (Å²) in [6.45, 7) is 0.263. The summed E-state index contributed by atoms with van der Waals surface area (Å²) in [7, 11) is 1.56. The Morgan fingerprint density at radius 1 is 1.42 bits per heavy atom. The van der Waals surface area contributed by atoms with Crippen molar-refractivity contribution in [2.24, 2.45) is 7.05 Å². The van der Waals surface area contributed by atoms with Crippen molar-refractivity contribution in [2.75, 3.05) is 5.32 Å². The summed E-state index contributed by atoms with van der Waals surface area (Å²) in [5, 5.41) is 6.88. The minimum absolute atomic E-state index is 0.250. The number of aromatic nitrogens is 2. The van der Waals surface area contributed by atoms with Crippen LogP contribution in [0.3, 0.4) is 0 Å². The SMILES string of the molecule is Cn1ncc(NCc2cc(Br)ccc2F)c(Br)c1=O. The lowest BCUT2D eigenvalue weighted by molar-refractivity contribution is 0.612. The first-order valence-corrected chi connectivity index (χ1v) is 6.97. The van der Waals surface area contributed by atoms with Gasteiger partial charge in [-0.25, -0.2) is 9.07 Å². The molecule has 0 saturated heterocycles. The predicted octanol–water partition coefficient (Wildman–Crippen LogP) is 3.06. The van der Waals surface area contributed by atoms with Gasteiger partial charge in [-0.1, -0.05) is 15.9 Å². The van der Waals surface area contributed by atoms with E-state index in [1.807, 2.05) is 0 Å². The third kappa shape index (κ3) is 3.22. The van der Waals surface area contributed by atoms with Gasteiger partial charge in [-0.3, -0.25) is 4.79 Å². The zero-order valence-electron chi connectivity index (χ0n) is 9.95. The molecule has 0 saturated carbocycles. The Morgan fingerprint density at radius 2 is 2.16 bits per heavy atom. The van der Waals surface area contributed by atoms with Crippen molar-refractivity contribution in [1.29, 1.82) is 0 Å². The Hall–Kier alpha value is -1.21. The molecule has 0 spiro atoms. The summed E-state index contributed by atoms with van der Waals surface area (Å²) >= 11 is 6.49. The van der Waals surface area contributed by atoms with Crippen molar-refractivity contribution in [3.63, 3.8) is 0 Å². The molecule has 0 atom stereocenters. The van der Waals surface area contributed by atoms with Crippen LogP contribution in [0.4, 0.5) is 10.1 Å². The number of halogens is 3. The Kier molecular flexibility index (Phi) is 4.36. The molecule has 7 heteroatoms. The van der Waals surface area contributed by atoms with E-state index in [-0.39, 0.29) is 17.9 Å². The lowest BCUT2D eigenvalue weighted by Gasteiger charge is -2.09. The van der Waals surface area contributed by atoms with Crippen molar-refractivity contribution < 1.29 is 4.39 Å². The van der Waals surface area contributed by atoms with Crippen molar-refractivity contribution in [3.05, 3.63) is 55.1 Å². The fraction of sp³-hybridized carbons (Fsp3) is 0.167. The topological polar surface area (TPSA) is 46.9 Å². The second kappa shape index (κ2) is 5.83. The number of nitrogens with zero attached hydrogens (tertiary/aromatic N) is 2. The van der Waals surface area contributed by atoms with Crippen LogP contribution in [0.15, 0.2) is 38.1 Å². The van der Waals surface area contributed by atoms with Gasteiger partial charge < -0.3 is 5.32 Å². The normalized spacial score (nSPS) is 10.5. The third-order valence-electron chi connectivity index (χ3n) is 2.56. The molecule has 2 aromatic rings. The highest BCUT2D eigenvalue weighted by Gasteiger charge is 2.08. The first kappa shape index (κ1) is 14.2. The van der Waals surface area contributed by atoms with Gasteiger partial charge in [0.1, 0.15) is 10.3 Å². The van der Waals surface area contributed by atoms with Crippen LogP contribution in [0.5, 0.6) is 0 Å². The van der Waals surface area contributed by atoms with Crippen molar-refractivity contribution in [1.82, 2.24) is 9.78 Å². The molecule has 2 rings (SSSR count). The summed E-state index contributed by atoms with van der Waals surface area (Å²) < 4.78 is 16.0. The fourth-order valence-corrected chi connectivity index (χ4v) is 2.41. The molecule has 0 aliphatic heterocycles. The molecule has 0 amide bonds. The highest BCUT2D eigenvalue weighted by molar-refractivity contribution is 9.10. The average Bonchev–Trinajstić information content (AvgIpc) is 2.39. The maximum Gasteiger partial charge on any atom is 0.282 e. The van der Waals surface area contributed by atoms with E-state index in [0.29, 0.717) is 15.7 Å². The van der Waals surface area contributed by atoms with Crippen LogP contribution in [0.2, 0.25) is 0 Å². The van der Waals surface area contributed by atoms with Crippen LogP contribution in [-0.2, 0) is 13.6 Å². The Labute approximate surface area is 125 Å². The first-order chi connectivity index (χ1) is 8.99. The Balaban J connectivity index is 2.22. The fourth-order valence-electron chi connectivity index (χ4n) is 1.50. The lowest BCUT2D eigenvalue weighted by atomic mass is 10.2. The molecule has 0 radical (unpaired) electrons. The zero-order valence-corrected chi connectivity index (χ0v) is 13.1. The number of hydrogen-bond donors (Lipinski definition) is 1. The summed E-state index contributed by atoms with van der Waals surface area (Å²) in [4.78, 5) is 11.7. The molecule has 0 aliphatic rings. The smallest absolute Gasteiger partial charge is 0.282 e. The molecule has 1 N–H and O–H groups in total. The van der Waals surface area contributed by atoms with Gasteiger partial charge in [0.05, 0.1) is 11.9 Å². The zero-order chi connectivity index (χ0) is 14.0. The van der Waals surface area contributed by atoms with Gasteiger partial charge in [0, 0.05) is 23.6 Å². The van der Waals surface area contributed by atoms with E-state index < -0.39 is 0 Å². The molecule has 1 aromatic heterocycles. The summed E-state index contributed by atoms with van der Waals surface area (Å²) in [5.41, 5.74) is 0.782. The van der Waals surface area contributed by atoms with Crippen LogP contribution < -0.4 is 10.9 Å². The maximum atomic E-state index is 13.6. The van der Waals surface area contributed by atoms with Gasteiger partial charge >= 0.3 is 0 Å². The van der Waals surface area contributed by atoms with E-state index in [2.05, 4.69) is 42.3 Å². The molecular formula is C12H10Br2FN3O. The molecule has 4 nitrogen and oxygen atoms in total. The molecule has 100 valence electrons. The van der Waals surface area contributed by atoms with Crippen molar-refractivity contribution in [2.45, 2.75) is 6.54 Å². The van der Waals surface area contributed by atoms with Gasteiger partial charge in [0.15, 0.2) is 0 Å². The predicted molar refractivity (Wildman–Crippen MR) is 78.6 cm³/mol. The van der Waals surface area contributed by atoms with Crippen molar-refractivity contribution >= 4 is 37.5 Å². The Morgan fingerprint density at radius 3 is 2.89 bits per heavy atom. The summed E-state index contributed by atoms with van der Waals surface area (Å²) in [6.07, 6.45) is 1.52. The largest absolute Gasteiger partial charge is 0.378 e. The van der Waals surface area contributed by atoms with E-state index in [1.54, 1.807) is 19.2 Å². The van der Waals surface area contributed by atoms with Crippen LogP contribution >= 0.6 is 31.9 Å². The molecular weight excluding hydrogens is 381 g/mol. The average molecular weight is 391 g/mol. The standard InChI is InChI=1S/C12H10Br2FN3O/c1-18-12(19)11(14)10(6-17-18)16-5-7-4-8(13)2-3-9(7)15/h2-4,6,16H,5H2,1H3. The molecule has 19 heavy (non-hydrogen) atoms. The number of hydrogen-bond acceptors (Lipinski definition) is 3. The van der Waals surface area contributed by atoms with Gasteiger partial charge in [0.25, 0.3) is 5.56 Å². The molecule has 1 heterocycles. The molecule has 0 aliphatic carbocycles. The molecule has 0 bridgehead atoms. The second-order valence-corrected chi connectivity index (χ2v) is 5.60. The van der Waals surface area contributed by atoms with Crippen LogP contribution in [0, 0.1) is 5.82 Å². The maximum absolute atomic E-state index is 13.6. The van der Waals surface area contributed by atoms with Crippen LogP contribution in [-0.4, -0.2) is 9.78 Å². The van der Waals surface area contributed by atoms with Gasteiger partial charge in [-0.05, 0) is 34.1 Å². The van der Waals surface area contributed by atoms with Gasteiger partial charge in [-0.15, -0.1) is 0 Å². The quantitative estimate of drug-likeness (QED) is 0.876. The number of anilines is 1.